The minimum Gasteiger partial charge on any atom is -0.457 e. The topological polar surface area (TPSA) is 125 Å². The molecule has 26 heavy (non-hydrogen) atoms. The van der Waals surface area contributed by atoms with E-state index in [1.165, 1.54) is 42.8 Å². The molecule has 1 heterocycles. The molecular formula is C15H16N2O7S2. The standard InChI is InChI=1S/C15H16N2O7S2/c1-23-7-6-16-26(21,22)13-4-2-12(3-5-13)15(18)24-9-11-8-14(17(19)20)25-10-11/h2-5,8,10,16H,6-7,9H2,1H3. The lowest BCUT2D eigenvalue weighted by Crippen LogP contribution is -2.27. The third-order valence-corrected chi connectivity index (χ3v) is 5.59. The molecule has 0 spiro atoms. The number of rotatable bonds is 9. The number of sulfonamides is 1. The minimum absolute atomic E-state index is 0.0126. The first-order valence-corrected chi connectivity index (χ1v) is 9.67. The lowest BCUT2D eigenvalue weighted by molar-refractivity contribution is -0.380. The maximum absolute atomic E-state index is 12.0. The van der Waals surface area contributed by atoms with Gasteiger partial charge >= 0.3 is 11.0 Å². The highest BCUT2D eigenvalue weighted by atomic mass is 32.2. The number of methoxy groups -OCH3 is 1. The summed E-state index contributed by atoms with van der Waals surface area (Å²) in [6.45, 7) is 0.265. The fourth-order valence-corrected chi connectivity index (χ4v) is 3.62. The lowest BCUT2D eigenvalue weighted by Gasteiger charge is -2.07. The Balaban J connectivity index is 1.96. The molecule has 11 heteroatoms. The average Bonchev–Trinajstić information content (AvgIpc) is 3.09. The SMILES string of the molecule is COCCNS(=O)(=O)c1ccc(C(=O)OCc2csc([N+](=O)[O-])c2)cc1. The van der Waals surface area contributed by atoms with Crippen LogP contribution in [0, 0.1) is 10.1 Å². The summed E-state index contributed by atoms with van der Waals surface area (Å²) in [5, 5.41) is 12.1. The van der Waals surface area contributed by atoms with E-state index >= 15 is 0 Å². The highest BCUT2D eigenvalue weighted by Crippen LogP contribution is 2.23. The molecule has 0 aliphatic heterocycles. The van der Waals surface area contributed by atoms with Crippen LogP contribution in [0.2, 0.25) is 0 Å². The Morgan fingerprint density at radius 3 is 2.58 bits per heavy atom. The van der Waals surface area contributed by atoms with Gasteiger partial charge in [0, 0.05) is 30.7 Å². The van der Waals surface area contributed by atoms with E-state index in [4.69, 9.17) is 9.47 Å². The van der Waals surface area contributed by atoms with Gasteiger partial charge in [0.1, 0.15) is 6.61 Å². The van der Waals surface area contributed by atoms with E-state index in [-0.39, 0.29) is 35.2 Å². The van der Waals surface area contributed by atoms with Crippen molar-refractivity contribution in [2.75, 3.05) is 20.3 Å². The van der Waals surface area contributed by atoms with E-state index < -0.39 is 20.9 Å². The Hall–Kier alpha value is -2.34. The summed E-state index contributed by atoms with van der Waals surface area (Å²) in [6, 6.07) is 6.59. The molecule has 0 atom stereocenters. The van der Waals surface area contributed by atoms with Crippen molar-refractivity contribution in [3.63, 3.8) is 0 Å². The monoisotopic (exact) mass is 400 g/mol. The molecular weight excluding hydrogens is 384 g/mol. The summed E-state index contributed by atoms with van der Waals surface area (Å²) in [4.78, 5) is 22.1. The predicted octanol–water partition coefficient (Wildman–Crippen LogP) is 1.94. The molecule has 0 saturated carbocycles. The van der Waals surface area contributed by atoms with Crippen LogP contribution in [0.3, 0.4) is 0 Å². The van der Waals surface area contributed by atoms with Gasteiger partial charge in [-0.1, -0.05) is 11.3 Å². The molecule has 9 nitrogen and oxygen atoms in total. The molecule has 140 valence electrons. The third kappa shape index (κ3) is 5.33. The van der Waals surface area contributed by atoms with Gasteiger partial charge in [0.2, 0.25) is 10.0 Å². The molecule has 1 N–H and O–H groups in total. The number of nitrogens with one attached hydrogen (secondary N) is 1. The van der Waals surface area contributed by atoms with Gasteiger partial charge in [0.05, 0.1) is 22.0 Å². The summed E-state index contributed by atoms with van der Waals surface area (Å²) < 4.78 is 36.3. The fraction of sp³-hybridized carbons (Fsp3) is 0.267. The van der Waals surface area contributed by atoms with Crippen molar-refractivity contribution in [3.8, 4) is 0 Å². The van der Waals surface area contributed by atoms with Crippen LogP contribution >= 0.6 is 11.3 Å². The Morgan fingerprint density at radius 2 is 2.00 bits per heavy atom. The fourth-order valence-electron chi connectivity index (χ4n) is 1.90. The Kier molecular flexibility index (Phi) is 6.80. The van der Waals surface area contributed by atoms with E-state index in [0.29, 0.717) is 5.56 Å². The zero-order chi connectivity index (χ0) is 19.2. The zero-order valence-electron chi connectivity index (χ0n) is 13.7. The molecule has 1 aromatic heterocycles. The molecule has 0 amide bonds. The van der Waals surface area contributed by atoms with E-state index in [1.54, 1.807) is 0 Å². The van der Waals surface area contributed by atoms with Crippen LogP contribution in [-0.2, 0) is 26.1 Å². The third-order valence-electron chi connectivity index (χ3n) is 3.19. The van der Waals surface area contributed by atoms with Crippen LogP contribution in [0.4, 0.5) is 5.00 Å². The van der Waals surface area contributed by atoms with Gasteiger partial charge in [0.15, 0.2) is 0 Å². The number of esters is 1. The van der Waals surface area contributed by atoms with Crippen LogP contribution in [0.25, 0.3) is 0 Å². The second-order valence-electron chi connectivity index (χ2n) is 5.04. The molecule has 0 aliphatic rings. The smallest absolute Gasteiger partial charge is 0.338 e. The van der Waals surface area contributed by atoms with Crippen LogP contribution in [0.1, 0.15) is 15.9 Å². The summed E-state index contributed by atoms with van der Waals surface area (Å²) in [7, 11) is -2.22. The van der Waals surface area contributed by atoms with Gasteiger partial charge in [-0.25, -0.2) is 17.9 Å². The van der Waals surface area contributed by atoms with E-state index in [9.17, 15) is 23.3 Å². The van der Waals surface area contributed by atoms with Gasteiger partial charge in [-0.05, 0) is 24.3 Å². The van der Waals surface area contributed by atoms with E-state index in [1.807, 2.05) is 0 Å². The van der Waals surface area contributed by atoms with Crippen molar-refractivity contribution in [1.82, 2.24) is 4.72 Å². The number of hydrogen-bond donors (Lipinski definition) is 1. The Morgan fingerprint density at radius 1 is 1.31 bits per heavy atom. The number of thiophene rings is 1. The maximum atomic E-state index is 12.0. The van der Waals surface area contributed by atoms with Crippen molar-refractivity contribution in [2.45, 2.75) is 11.5 Å². The largest absolute Gasteiger partial charge is 0.457 e. The maximum Gasteiger partial charge on any atom is 0.338 e. The first-order chi connectivity index (χ1) is 12.3. The van der Waals surface area contributed by atoms with Crippen molar-refractivity contribution in [3.05, 3.63) is 57.0 Å². The van der Waals surface area contributed by atoms with Crippen LogP contribution < -0.4 is 4.72 Å². The summed E-state index contributed by atoms with van der Waals surface area (Å²) in [5.74, 6) is -0.657. The number of nitrogens with zero attached hydrogens (tertiary/aromatic N) is 1. The second kappa shape index (κ2) is 8.85. The van der Waals surface area contributed by atoms with Crippen molar-refractivity contribution in [1.29, 1.82) is 0 Å². The molecule has 0 bridgehead atoms. The number of carbonyl (C=O) groups is 1. The molecule has 1 aromatic carbocycles. The molecule has 2 rings (SSSR count). The average molecular weight is 400 g/mol. The first-order valence-electron chi connectivity index (χ1n) is 7.31. The van der Waals surface area contributed by atoms with Crippen molar-refractivity contribution < 1.29 is 27.6 Å². The Bertz CT molecular complexity index is 876. The molecule has 0 aliphatic carbocycles. The van der Waals surface area contributed by atoms with E-state index in [0.717, 1.165) is 11.3 Å². The van der Waals surface area contributed by atoms with E-state index in [2.05, 4.69) is 4.72 Å². The summed E-state index contributed by atoms with van der Waals surface area (Å²) in [5.41, 5.74) is 0.683. The predicted molar refractivity (Wildman–Crippen MR) is 93.6 cm³/mol. The minimum atomic E-state index is -3.68. The first kappa shape index (κ1) is 20.0. The number of carbonyl (C=O) groups excluding carboxylic acids is 1. The highest BCUT2D eigenvalue weighted by Gasteiger charge is 2.16. The van der Waals surface area contributed by atoms with Gasteiger partial charge < -0.3 is 9.47 Å². The summed E-state index contributed by atoms with van der Waals surface area (Å²) in [6.07, 6.45) is 0. The number of nitro groups is 1. The van der Waals surface area contributed by atoms with Gasteiger partial charge in [-0.15, -0.1) is 0 Å². The van der Waals surface area contributed by atoms with Crippen LogP contribution in [0.5, 0.6) is 0 Å². The van der Waals surface area contributed by atoms with Crippen LogP contribution in [-0.4, -0.2) is 39.6 Å². The molecule has 2 aromatic rings. The normalized spacial score (nSPS) is 11.3. The second-order valence-corrected chi connectivity index (χ2v) is 7.70. The highest BCUT2D eigenvalue weighted by molar-refractivity contribution is 7.89. The van der Waals surface area contributed by atoms with Gasteiger partial charge in [-0.2, -0.15) is 0 Å². The zero-order valence-corrected chi connectivity index (χ0v) is 15.3. The van der Waals surface area contributed by atoms with Gasteiger partial charge in [-0.3, -0.25) is 10.1 Å². The Labute approximate surface area is 153 Å². The molecule has 0 fully saturated rings. The lowest BCUT2D eigenvalue weighted by atomic mass is 10.2. The number of benzene rings is 1. The quantitative estimate of drug-likeness (QED) is 0.295. The van der Waals surface area contributed by atoms with Crippen molar-refractivity contribution in [2.24, 2.45) is 0 Å². The van der Waals surface area contributed by atoms with Crippen LogP contribution in [0.15, 0.2) is 40.6 Å². The molecule has 0 radical (unpaired) electrons. The molecule has 0 unspecified atom stereocenters. The summed E-state index contributed by atoms with van der Waals surface area (Å²) >= 11 is 0.945. The number of hydrogen-bond acceptors (Lipinski definition) is 8. The van der Waals surface area contributed by atoms with Gasteiger partial charge in [0.25, 0.3) is 0 Å². The van der Waals surface area contributed by atoms with Crippen molar-refractivity contribution >= 4 is 32.3 Å². The number of ether oxygens (including phenoxy) is 2. The molecule has 0 saturated heterocycles.